The minimum atomic E-state index is -4.37. The zero-order valence-electron chi connectivity index (χ0n) is 5.11. The summed E-state index contributed by atoms with van der Waals surface area (Å²) in [5.41, 5.74) is -0.845. The molecule has 0 atom stereocenters. The van der Waals surface area contributed by atoms with Crippen LogP contribution in [0.1, 0.15) is 5.56 Å². The van der Waals surface area contributed by atoms with Crippen LogP contribution in [0.5, 0.6) is 0 Å². The van der Waals surface area contributed by atoms with Crippen LogP contribution in [0.2, 0.25) is 5.15 Å². The predicted octanol–water partition coefficient (Wildman–Crippen LogP) is 2.55. The Bertz CT molecular complexity index is 241. The van der Waals surface area contributed by atoms with Gasteiger partial charge in [0.25, 0.3) is 0 Å². The highest BCUT2D eigenvalue weighted by molar-refractivity contribution is 6.29. The Morgan fingerprint density at radius 2 is 2.09 bits per heavy atom. The molecule has 0 aromatic carbocycles. The second kappa shape index (κ2) is 2.70. The Morgan fingerprint density at radius 3 is 2.45 bits per heavy atom. The van der Waals surface area contributed by atoms with E-state index in [4.69, 9.17) is 11.6 Å². The van der Waals surface area contributed by atoms with Crippen molar-refractivity contribution < 1.29 is 13.2 Å². The molecule has 0 fully saturated rings. The van der Waals surface area contributed by atoms with Crippen LogP contribution in [-0.4, -0.2) is 4.98 Å². The summed E-state index contributed by atoms with van der Waals surface area (Å²) < 4.78 is 35.4. The Morgan fingerprint density at radius 1 is 1.45 bits per heavy atom. The SMILES string of the molecule is FC(F)(F)c1c[c]c(Cl)nc1. The topological polar surface area (TPSA) is 12.9 Å². The summed E-state index contributed by atoms with van der Waals surface area (Å²) in [6, 6.07) is 2.90. The van der Waals surface area contributed by atoms with Gasteiger partial charge in [-0.25, -0.2) is 4.98 Å². The summed E-state index contributed by atoms with van der Waals surface area (Å²) in [5, 5.41) is -0.0713. The molecule has 1 radical (unpaired) electrons. The summed E-state index contributed by atoms with van der Waals surface area (Å²) in [4.78, 5) is 3.24. The quantitative estimate of drug-likeness (QED) is 0.559. The molecule has 1 nitrogen and oxygen atoms in total. The van der Waals surface area contributed by atoms with E-state index < -0.39 is 11.7 Å². The molecule has 0 bridgehead atoms. The minimum Gasteiger partial charge on any atom is -0.243 e. The van der Waals surface area contributed by atoms with Crippen LogP contribution < -0.4 is 0 Å². The molecule has 0 spiro atoms. The minimum absolute atomic E-state index is 0.0713. The molecule has 5 heteroatoms. The van der Waals surface area contributed by atoms with Gasteiger partial charge in [0.2, 0.25) is 0 Å². The molecule has 0 amide bonds. The van der Waals surface area contributed by atoms with Crippen LogP contribution in [-0.2, 0) is 6.18 Å². The van der Waals surface area contributed by atoms with Crippen LogP contribution in [0, 0.1) is 6.07 Å². The van der Waals surface area contributed by atoms with Crippen molar-refractivity contribution in [3.8, 4) is 0 Å². The molecule has 0 saturated carbocycles. The number of hydrogen-bond acceptors (Lipinski definition) is 1. The number of nitrogens with zero attached hydrogens (tertiary/aromatic N) is 1. The third kappa shape index (κ3) is 2.08. The highest BCUT2D eigenvalue weighted by Gasteiger charge is 2.30. The van der Waals surface area contributed by atoms with Crippen LogP contribution in [0.25, 0.3) is 0 Å². The fourth-order valence-electron chi connectivity index (χ4n) is 0.493. The predicted molar refractivity (Wildman–Crippen MR) is 33.1 cm³/mol. The lowest BCUT2D eigenvalue weighted by atomic mass is 10.3. The van der Waals surface area contributed by atoms with E-state index in [0.717, 1.165) is 6.07 Å². The van der Waals surface area contributed by atoms with Crippen LogP contribution in [0.3, 0.4) is 0 Å². The van der Waals surface area contributed by atoms with Crippen LogP contribution in [0.15, 0.2) is 12.3 Å². The normalized spacial score (nSPS) is 11.6. The van der Waals surface area contributed by atoms with Gasteiger partial charge < -0.3 is 0 Å². The highest BCUT2D eigenvalue weighted by atomic mass is 35.5. The third-order valence-corrected chi connectivity index (χ3v) is 1.20. The summed E-state index contributed by atoms with van der Waals surface area (Å²) in [6.07, 6.45) is -3.70. The summed E-state index contributed by atoms with van der Waals surface area (Å²) in [7, 11) is 0. The molecule has 59 valence electrons. The average Bonchev–Trinajstić information content (AvgIpc) is 1.86. The smallest absolute Gasteiger partial charge is 0.243 e. The van der Waals surface area contributed by atoms with Gasteiger partial charge in [-0.15, -0.1) is 0 Å². The van der Waals surface area contributed by atoms with Gasteiger partial charge in [-0.1, -0.05) is 11.6 Å². The van der Waals surface area contributed by atoms with Crippen molar-refractivity contribution in [2.75, 3.05) is 0 Å². The van der Waals surface area contributed by atoms with E-state index in [2.05, 4.69) is 11.1 Å². The van der Waals surface area contributed by atoms with Crippen molar-refractivity contribution in [2.24, 2.45) is 0 Å². The molecule has 0 aliphatic heterocycles. The molecule has 0 aliphatic rings. The monoisotopic (exact) mass is 180 g/mol. The molecule has 1 heterocycles. The van der Waals surface area contributed by atoms with E-state index in [1.165, 1.54) is 0 Å². The molecular weight excluding hydrogens is 179 g/mol. The van der Waals surface area contributed by atoms with Gasteiger partial charge in [-0.3, -0.25) is 0 Å². The Labute approximate surface area is 65.8 Å². The van der Waals surface area contributed by atoms with Crippen molar-refractivity contribution in [3.63, 3.8) is 0 Å². The maximum absolute atomic E-state index is 11.8. The maximum Gasteiger partial charge on any atom is 0.417 e. The van der Waals surface area contributed by atoms with Gasteiger partial charge in [0.15, 0.2) is 0 Å². The number of halogens is 4. The molecule has 1 aromatic rings. The molecule has 0 aliphatic carbocycles. The summed E-state index contributed by atoms with van der Waals surface area (Å²) >= 11 is 5.23. The lowest BCUT2D eigenvalue weighted by Gasteiger charge is -2.03. The number of hydrogen-bond donors (Lipinski definition) is 0. The van der Waals surface area contributed by atoms with Crippen LogP contribution in [0.4, 0.5) is 13.2 Å². The second-order valence-electron chi connectivity index (χ2n) is 1.79. The van der Waals surface area contributed by atoms with E-state index >= 15 is 0 Å². The Hall–Kier alpha value is -0.770. The number of rotatable bonds is 0. The number of aromatic nitrogens is 1. The van der Waals surface area contributed by atoms with E-state index in [0.29, 0.717) is 6.20 Å². The third-order valence-electron chi connectivity index (χ3n) is 0.991. The largest absolute Gasteiger partial charge is 0.417 e. The first kappa shape index (κ1) is 8.33. The van der Waals surface area contributed by atoms with Gasteiger partial charge in [0, 0.05) is 12.3 Å². The fourth-order valence-corrected chi connectivity index (χ4v) is 0.596. The number of pyridine rings is 1. The average molecular weight is 181 g/mol. The molecule has 0 unspecified atom stereocenters. The van der Waals surface area contributed by atoms with Crippen molar-refractivity contribution in [1.82, 2.24) is 4.98 Å². The van der Waals surface area contributed by atoms with Gasteiger partial charge in [0.05, 0.1) is 5.56 Å². The zero-order valence-corrected chi connectivity index (χ0v) is 5.87. The first-order valence-electron chi connectivity index (χ1n) is 2.60. The van der Waals surface area contributed by atoms with E-state index in [-0.39, 0.29) is 5.15 Å². The fraction of sp³-hybridized carbons (Fsp3) is 0.167. The molecule has 1 rings (SSSR count). The zero-order chi connectivity index (χ0) is 8.48. The van der Waals surface area contributed by atoms with Crippen molar-refractivity contribution in [1.29, 1.82) is 0 Å². The van der Waals surface area contributed by atoms with Crippen molar-refractivity contribution >= 4 is 11.6 Å². The van der Waals surface area contributed by atoms with Crippen molar-refractivity contribution in [2.45, 2.75) is 6.18 Å². The Balaban J connectivity index is 2.99. The first-order chi connectivity index (χ1) is 5.00. The lowest BCUT2D eigenvalue weighted by Crippen LogP contribution is -2.04. The molecular formula is C6H2ClF3N. The van der Waals surface area contributed by atoms with E-state index in [1.807, 2.05) is 0 Å². The Kier molecular flexibility index (Phi) is 2.04. The maximum atomic E-state index is 11.8. The van der Waals surface area contributed by atoms with Crippen LogP contribution >= 0.6 is 11.6 Å². The summed E-state index contributed by atoms with van der Waals surface area (Å²) in [5.74, 6) is 0. The lowest BCUT2D eigenvalue weighted by molar-refractivity contribution is -0.137. The molecule has 0 saturated heterocycles. The van der Waals surface area contributed by atoms with Gasteiger partial charge >= 0.3 is 6.18 Å². The number of alkyl halides is 3. The molecule has 0 N–H and O–H groups in total. The van der Waals surface area contributed by atoms with E-state index in [1.54, 1.807) is 0 Å². The summed E-state index contributed by atoms with van der Waals surface area (Å²) in [6.45, 7) is 0. The second-order valence-corrected chi connectivity index (χ2v) is 2.15. The highest BCUT2D eigenvalue weighted by Crippen LogP contribution is 2.28. The van der Waals surface area contributed by atoms with Gasteiger partial charge in [0.1, 0.15) is 5.15 Å². The van der Waals surface area contributed by atoms with Gasteiger partial charge in [-0.2, -0.15) is 13.2 Å². The first-order valence-corrected chi connectivity index (χ1v) is 2.98. The molecule has 1 aromatic heterocycles. The standard InChI is InChI=1S/C6H2ClF3N/c7-5-2-1-4(3-11-5)6(8,9)10/h1,3H. The molecule has 11 heavy (non-hydrogen) atoms. The van der Waals surface area contributed by atoms with E-state index in [9.17, 15) is 13.2 Å². The van der Waals surface area contributed by atoms with Crippen molar-refractivity contribution in [3.05, 3.63) is 29.0 Å². The van der Waals surface area contributed by atoms with Gasteiger partial charge in [-0.05, 0) is 6.07 Å².